The molecule has 0 aliphatic carbocycles. The molecule has 7 heteroatoms. The van der Waals surface area contributed by atoms with Crippen molar-refractivity contribution in [3.05, 3.63) is 18.2 Å². The second kappa shape index (κ2) is 5.60. The van der Waals surface area contributed by atoms with Gasteiger partial charge in [-0.3, -0.25) is 0 Å². The van der Waals surface area contributed by atoms with Crippen molar-refractivity contribution in [1.82, 2.24) is 14.9 Å². The third-order valence-corrected chi connectivity index (χ3v) is 2.82. The number of carbonyl (C=O) groups is 1. The summed E-state index contributed by atoms with van der Waals surface area (Å²) >= 11 is 0. The predicted molar refractivity (Wildman–Crippen MR) is 72.0 cm³/mol. The van der Waals surface area contributed by atoms with Crippen LogP contribution in [0.25, 0.3) is 0 Å². The van der Waals surface area contributed by atoms with Crippen LogP contribution in [0, 0.1) is 5.82 Å². The summed E-state index contributed by atoms with van der Waals surface area (Å²) in [6.07, 6.45) is 1.97. The molecule has 1 aromatic rings. The van der Waals surface area contributed by atoms with E-state index >= 15 is 0 Å². The van der Waals surface area contributed by atoms with E-state index in [2.05, 4.69) is 9.97 Å². The van der Waals surface area contributed by atoms with E-state index in [0.29, 0.717) is 32.1 Å². The summed E-state index contributed by atoms with van der Waals surface area (Å²) in [6, 6.07) is 0. The second-order valence-electron chi connectivity index (χ2n) is 5.66. The summed E-state index contributed by atoms with van der Waals surface area (Å²) in [4.78, 5) is 23.4. The molecular weight excluding hydrogens is 263 g/mol. The van der Waals surface area contributed by atoms with Crippen molar-refractivity contribution in [3.8, 4) is 0 Å². The van der Waals surface area contributed by atoms with Gasteiger partial charge in [-0.05, 0) is 20.8 Å². The minimum Gasteiger partial charge on any atom is -0.444 e. The highest BCUT2D eigenvalue weighted by atomic mass is 19.1. The van der Waals surface area contributed by atoms with Crippen molar-refractivity contribution >= 4 is 12.0 Å². The number of nitrogens with zero attached hydrogens (tertiary/aromatic N) is 4. The van der Waals surface area contributed by atoms with Gasteiger partial charge in [0.15, 0.2) is 5.82 Å². The van der Waals surface area contributed by atoms with Crippen LogP contribution in [0.1, 0.15) is 20.8 Å². The van der Waals surface area contributed by atoms with E-state index in [1.165, 1.54) is 0 Å². The van der Waals surface area contributed by atoms with Gasteiger partial charge in [0.2, 0.25) is 5.95 Å². The Bertz CT molecular complexity index is 464. The number of piperazine rings is 1. The van der Waals surface area contributed by atoms with Crippen LogP contribution in [0.4, 0.5) is 15.1 Å². The molecule has 2 rings (SSSR count). The molecule has 1 amide bonds. The Morgan fingerprint density at radius 1 is 1.20 bits per heavy atom. The lowest BCUT2D eigenvalue weighted by molar-refractivity contribution is 0.0240. The lowest BCUT2D eigenvalue weighted by Crippen LogP contribution is -2.50. The fourth-order valence-electron chi connectivity index (χ4n) is 1.88. The smallest absolute Gasteiger partial charge is 0.410 e. The first-order valence-corrected chi connectivity index (χ1v) is 6.55. The van der Waals surface area contributed by atoms with Crippen LogP contribution in [0.15, 0.2) is 12.4 Å². The Morgan fingerprint density at radius 3 is 2.25 bits per heavy atom. The summed E-state index contributed by atoms with van der Waals surface area (Å²) in [5.74, 6) is 0.0244. The molecule has 6 nitrogen and oxygen atoms in total. The Kier molecular flexibility index (Phi) is 4.06. The van der Waals surface area contributed by atoms with Crippen LogP contribution >= 0.6 is 0 Å². The fourth-order valence-corrected chi connectivity index (χ4v) is 1.88. The van der Waals surface area contributed by atoms with Crippen LogP contribution in [0.3, 0.4) is 0 Å². The summed E-state index contributed by atoms with van der Waals surface area (Å²) in [7, 11) is 0. The van der Waals surface area contributed by atoms with Crippen molar-refractivity contribution in [3.63, 3.8) is 0 Å². The molecule has 2 heterocycles. The average Bonchev–Trinajstić information content (AvgIpc) is 2.38. The summed E-state index contributed by atoms with van der Waals surface area (Å²) < 4.78 is 18.1. The third kappa shape index (κ3) is 3.79. The first-order chi connectivity index (χ1) is 9.35. The van der Waals surface area contributed by atoms with E-state index in [-0.39, 0.29) is 6.09 Å². The van der Waals surface area contributed by atoms with Gasteiger partial charge in [0.1, 0.15) is 5.60 Å². The van der Waals surface area contributed by atoms with Gasteiger partial charge in [0.05, 0.1) is 12.4 Å². The summed E-state index contributed by atoms with van der Waals surface area (Å²) in [6.45, 7) is 7.80. The molecule has 0 atom stereocenters. The zero-order chi connectivity index (χ0) is 14.8. The van der Waals surface area contributed by atoms with Gasteiger partial charge in [-0.15, -0.1) is 0 Å². The largest absolute Gasteiger partial charge is 0.444 e. The summed E-state index contributed by atoms with van der Waals surface area (Å²) in [5.41, 5.74) is -0.492. The molecule has 0 unspecified atom stereocenters. The number of anilines is 1. The lowest BCUT2D eigenvalue weighted by Gasteiger charge is -2.35. The SMILES string of the molecule is CC(C)(C)OC(=O)N1CCN(c2ncc(F)cn2)CC1. The van der Waals surface area contributed by atoms with Gasteiger partial charge in [-0.2, -0.15) is 0 Å². The van der Waals surface area contributed by atoms with Crippen LogP contribution < -0.4 is 4.90 Å². The Balaban J connectivity index is 1.89. The average molecular weight is 282 g/mol. The van der Waals surface area contributed by atoms with Gasteiger partial charge in [-0.25, -0.2) is 19.2 Å². The topological polar surface area (TPSA) is 58.6 Å². The second-order valence-corrected chi connectivity index (χ2v) is 5.66. The van der Waals surface area contributed by atoms with Gasteiger partial charge in [0.25, 0.3) is 0 Å². The molecule has 0 bridgehead atoms. The molecule has 0 aromatic carbocycles. The molecule has 110 valence electrons. The molecule has 1 fully saturated rings. The van der Waals surface area contributed by atoms with Crippen molar-refractivity contribution in [2.24, 2.45) is 0 Å². The predicted octanol–water partition coefficient (Wildman–Crippen LogP) is 1.67. The van der Waals surface area contributed by atoms with E-state index in [1.807, 2.05) is 25.7 Å². The molecular formula is C13H19FN4O2. The molecule has 1 aliphatic rings. The third-order valence-electron chi connectivity index (χ3n) is 2.82. The molecule has 0 saturated carbocycles. The fraction of sp³-hybridized carbons (Fsp3) is 0.615. The Labute approximate surface area is 117 Å². The quantitative estimate of drug-likeness (QED) is 0.784. The van der Waals surface area contributed by atoms with E-state index in [9.17, 15) is 9.18 Å². The molecule has 1 aliphatic heterocycles. The zero-order valence-corrected chi connectivity index (χ0v) is 12.0. The molecule has 1 saturated heterocycles. The molecule has 0 N–H and O–H groups in total. The molecule has 20 heavy (non-hydrogen) atoms. The lowest BCUT2D eigenvalue weighted by atomic mass is 10.2. The van der Waals surface area contributed by atoms with Gasteiger partial charge in [-0.1, -0.05) is 0 Å². The minimum absolute atomic E-state index is 0.308. The van der Waals surface area contributed by atoms with Crippen molar-refractivity contribution in [2.45, 2.75) is 26.4 Å². The van der Waals surface area contributed by atoms with Gasteiger partial charge in [0, 0.05) is 26.2 Å². The highest BCUT2D eigenvalue weighted by Gasteiger charge is 2.26. The zero-order valence-electron chi connectivity index (χ0n) is 12.0. The van der Waals surface area contributed by atoms with E-state index in [0.717, 1.165) is 12.4 Å². The number of hydrogen-bond donors (Lipinski definition) is 0. The van der Waals surface area contributed by atoms with Crippen LogP contribution in [-0.2, 0) is 4.74 Å². The van der Waals surface area contributed by atoms with E-state index in [1.54, 1.807) is 4.90 Å². The number of hydrogen-bond acceptors (Lipinski definition) is 5. The van der Waals surface area contributed by atoms with Crippen molar-refractivity contribution in [2.75, 3.05) is 31.1 Å². The van der Waals surface area contributed by atoms with Crippen LogP contribution in [-0.4, -0.2) is 52.7 Å². The standard InChI is InChI=1S/C13H19FN4O2/c1-13(2,3)20-12(19)18-6-4-17(5-7-18)11-15-8-10(14)9-16-11/h8-9H,4-7H2,1-3H3. The number of aromatic nitrogens is 2. The maximum atomic E-state index is 12.8. The first-order valence-electron chi connectivity index (χ1n) is 6.55. The number of halogens is 1. The number of carbonyl (C=O) groups excluding carboxylic acids is 1. The van der Waals surface area contributed by atoms with Crippen molar-refractivity contribution < 1.29 is 13.9 Å². The minimum atomic E-state index is -0.492. The number of rotatable bonds is 1. The van der Waals surface area contributed by atoms with E-state index in [4.69, 9.17) is 4.74 Å². The van der Waals surface area contributed by atoms with Crippen LogP contribution in [0.2, 0.25) is 0 Å². The Hall–Kier alpha value is -1.92. The van der Waals surface area contributed by atoms with E-state index < -0.39 is 11.4 Å². The maximum Gasteiger partial charge on any atom is 0.410 e. The van der Waals surface area contributed by atoms with Gasteiger partial charge < -0.3 is 14.5 Å². The normalized spacial score (nSPS) is 16.2. The summed E-state index contributed by atoms with van der Waals surface area (Å²) in [5, 5.41) is 0. The molecule has 0 radical (unpaired) electrons. The van der Waals surface area contributed by atoms with Crippen LogP contribution in [0.5, 0.6) is 0 Å². The molecule has 0 spiro atoms. The maximum absolute atomic E-state index is 12.8. The molecule has 1 aromatic heterocycles. The first kappa shape index (κ1) is 14.5. The van der Waals surface area contributed by atoms with Gasteiger partial charge >= 0.3 is 6.09 Å². The number of amides is 1. The highest BCUT2D eigenvalue weighted by Crippen LogP contribution is 2.14. The number of ether oxygens (including phenoxy) is 1. The Morgan fingerprint density at radius 2 is 1.75 bits per heavy atom. The van der Waals surface area contributed by atoms with Crippen molar-refractivity contribution in [1.29, 1.82) is 0 Å². The highest BCUT2D eigenvalue weighted by molar-refractivity contribution is 5.68. The monoisotopic (exact) mass is 282 g/mol.